The molecule has 5 heteroatoms. The van der Waals surface area contributed by atoms with Gasteiger partial charge in [0.1, 0.15) is 0 Å². The normalized spacial score (nSPS) is 10.9. The van der Waals surface area contributed by atoms with Crippen molar-refractivity contribution in [2.45, 2.75) is 0 Å². The van der Waals surface area contributed by atoms with Gasteiger partial charge in [0.25, 0.3) is 0 Å². The molecule has 5 rings (SSSR count). The number of rotatable bonds is 4. The molecular weight excluding hydrogens is 448 g/mol. The molecule has 0 unspecified atom stereocenters. The van der Waals surface area contributed by atoms with Crippen molar-refractivity contribution in [1.29, 1.82) is 0 Å². The molecule has 0 saturated heterocycles. The molecule has 1 aromatic heterocycles. The Morgan fingerprint density at radius 1 is 0.613 bits per heavy atom. The quantitative estimate of drug-likeness (QED) is 0.289. The Morgan fingerprint density at radius 2 is 1.16 bits per heavy atom. The molecule has 4 nitrogen and oxygen atoms in total. The van der Waals surface area contributed by atoms with Gasteiger partial charge in [0.05, 0.1) is 27.4 Å². The third-order valence-electron chi connectivity index (χ3n) is 5.19. The zero-order valence-electron chi connectivity index (χ0n) is 16.6. The summed E-state index contributed by atoms with van der Waals surface area (Å²) in [7, 11) is 0. The molecule has 0 amide bonds. The fourth-order valence-corrected chi connectivity index (χ4v) is 4.13. The number of nitrogens with zero attached hydrogens (tertiary/aromatic N) is 3. The lowest BCUT2D eigenvalue weighted by molar-refractivity contribution is 1.21. The van der Waals surface area contributed by atoms with Crippen LogP contribution in [0.25, 0.3) is 33.2 Å². The lowest BCUT2D eigenvalue weighted by atomic mass is 9.99. The lowest BCUT2D eigenvalue weighted by Gasteiger charge is -2.18. The van der Waals surface area contributed by atoms with Gasteiger partial charge in [-0.3, -0.25) is 3.93 Å². The summed E-state index contributed by atoms with van der Waals surface area (Å²) in [4.78, 5) is 8.93. The molecule has 2 N–H and O–H groups in total. The predicted octanol–water partition coefficient (Wildman–Crippen LogP) is 6.99. The summed E-state index contributed by atoms with van der Waals surface area (Å²) in [6.07, 6.45) is 0. The first kappa shape index (κ1) is 19.3. The van der Waals surface area contributed by atoms with Crippen LogP contribution in [0.3, 0.4) is 0 Å². The van der Waals surface area contributed by atoms with E-state index in [0.717, 1.165) is 27.7 Å². The number of nitrogen functional groups attached to an aromatic ring is 1. The number of hydrogen-bond acceptors (Lipinski definition) is 4. The number of anilines is 3. The molecule has 0 saturated carbocycles. The van der Waals surface area contributed by atoms with Crippen LogP contribution in [0.15, 0.2) is 103 Å². The maximum Gasteiger partial charge on any atom is 0.222 e. The highest BCUT2D eigenvalue weighted by Crippen LogP contribution is 2.35. The third-order valence-corrected chi connectivity index (χ3v) is 5.93. The first-order chi connectivity index (χ1) is 15.2. The highest BCUT2D eigenvalue weighted by atomic mass is 79.9. The molecular formula is C26H19BrN4. The molecule has 5 aromatic rings. The van der Waals surface area contributed by atoms with E-state index in [2.05, 4.69) is 86.8 Å². The van der Waals surface area contributed by atoms with Gasteiger partial charge >= 0.3 is 0 Å². The summed E-state index contributed by atoms with van der Waals surface area (Å²) < 4.78 is 1.86. The van der Waals surface area contributed by atoms with E-state index < -0.39 is 0 Å². The van der Waals surface area contributed by atoms with Gasteiger partial charge in [-0.2, -0.15) is 4.98 Å². The highest BCUT2D eigenvalue weighted by Gasteiger charge is 2.15. The van der Waals surface area contributed by atoms with E-state index in [0.29, 0.717) is 5.82 Å². The van der Waals surface area contributed by atoms with Crippen LogP contribution in [-0.4, -0.2) is 9.97 Å². The van der Waals surface area contributed by atoms with Crippen LogP contribution < -0.4 is 9.66 Å². The van der Waals surface area contributed by atoms with E-state index in [1.165, 1.54) is 11.1 Å². The maximum absolute atomic E-state index is 5.99. The Bertz CT molecular complexity index is 1340. The van der Waals surface area contributed by atoms with Gasteiger partial charge in [-0.1, -0.05) is 78.9 Å². The first-order valence-electron chi connectivity index (χ1n) is 9.93. The van der Waals surface area contributed by atoms with E-state index >= 15 is 0 Å². The fourth-order valence-electron chi connectivity index (χ4n) is 3.63. The number of fused-ring (bicyclic) bond motifs is 1. The minimum atomic E-state index is 0.239. The molecule has 0 radical (unpaired) electrons. The Morgan fingerprint density at radius 3 is 1.84 bits per heavy atom. The maximum atomic E-state index is 5.99. The predicted molar refractivity (Wildman–Crippen MR) is 132 cm³/mol. The van der Waals surface area contributed by atoms with Gasteiger partial charge in [0, 0.05) is 5.39 Å². The monoisotopic (exact) mass is 466 g/mol. The van der Waals surface area contributed by atoms with Crippen molar-refractivity contribution in [1.82, 2.24) is 9.97 Å². The van der Waals surface area contributed by atoms with Crippen molar-refractivity contribution in [3.63, 3.8) is 0 Å². The molecule has 4 aromatic carbocycles. The van der Waals surface area contributed by atoms with Gasteiger partial charge in [0.15, 0.2) is 5.82 Å². The molecule has 0 aliphatic rings. The summed E-state index contributed by atoms with van der Waals surface area (Å²) in [6, 6.07) is 35.1. The molecule has 150 valence electrons. The summed E-state index contributed by atoms with van der Waals surface area (Å²) >= 11 is 3.65. The smallest absolute Gasteiger partial charge is 0.222 e. The largest absolute Gasteiger partial charge is 0.368 e. The second kappa shape index (κ2) is 8.20. The van der Waals surface area contributed by atoms with Gasteiger partial charge in [-0.25, -0.2) is 4.98 Å². The summed E-state index contributed by atoms with van der Waals surface area (Å²) in [6.45, 7) is 0. The number of nitrogens with two attached hydrogens (primary N) is 1. The van der Waals surface area contributed by atoms with Crippen molar-refractivity contribution in [2.24, 2.45) is 0 Å². The van der Waals surface area contributed by atoms with Gasteiger partial charge in [-0.05, 0) is 46.5 Å². The van der Waals surface area contributed by atoms with Crippen molar-refractivity contribution >= 4 is 44.5 Å². The number of para-hydroxylation sites is 1. The zero-order chi connectivity index (χ0) is 21.2. The molecule has 0 fully saturated rings. The highest BCUT2D eigenvalue weighted by molar-refractivity contribution is 9.10. The van der Waals surface area contributed by atoms with E-state index in [9.17, 15) is 0 Å². The number of benzene rings is 4. The molecule has 31 heavy (non-hydrogen) atoms. The van der Waals surface area contributed by atoms with E-state index in [1.54, 1.807) is 0 Å². The standard InChI is InChI=1S/C26H19BrN4/c27-31(22-9-5-2-6-10-22)25-23-17-21(15-16-24(23)29-26(28)30-25)20-13-11-19(12-14-20)18-7-3-1-4-8-18/h1-17H,(H2,28,29,30). The average Bonchev–Trinajstić information content (AvgIpc) is 2.84. The van der Waals surface area contributed by atoms with Crippen LogP contribution in [0.1, 0.15) is 0 Å². The van der Waals surface area contributed by atoms with Crippen molar-refractivity contribution in [2.75, 3.05) is 9.66 Å². The van der Waals surface area contributed by atoms with Crippen molar-refractivity contribution in [3.05, 3.63) is 103 Å². The molecule has 0 aliphatic carbocycles. The third kappa shape index (κ3) is 3.88. The number of aromatic nitrogens is 2. The van der Waals surface area contributed by atoms with Gasteiger partial charge in [-0.15, -0.1) is 0 Å². The molecule has 0 atom stereocenters. The second-order valence-corrected chi connectivity index (χ2v) is 7.91. The minimum absolute atomic E-state index is 0.239. The van der Waals surface area contributed by atoms with Crippen molar-refractivity contribution in [3.8, 4) is 22.3 Å². The topological polar surface area (TPSA) is 55.0 Å². The van der Waals surface area contributed by atoms with Gasteiger partial charge < -0.3 is 5.73 Å². The number of halogens is 1. The minimum Gasteiger partial charge on any atom is -0.368 e. The Kier molecular flexibility index (Phi) is 5.10. The van der Waals surface area contributed by atoms with Crippen LogP contribution >= 0.6 is 16.1 Å². The summed E-state index contributed by atoms with van der Waals surface area (Å²) in [5.41, 5.74) is 12.4. The summed E-state index contributed by atoms with van der Waals surface area (Å²) in [5.74, 6) is 0.944. The molecule has 0 aliphatic heterocycles. The Balaban J connectivity index is 1.57. The van der Waals surface area contributed by atoms with Crippen LogP contribution in [0.4, 0.5) is 17.5 Å². The zero-order valence-corrected chi connectivity index (χ0v) is 18.2. The van der Waals surface area contributed by atoms with E-state index in [4.69, 9.17) is 5.73 Å². The van der Waals surface area contributed by atoms with E-state index in [-0.39, 0.29) is 5.95 Å². The average molecular weight is 467 g/mol. The van der Waals surface area contributed by atoms with Crippen LogP contribution in [0, 0.1) is 0 Å². The first-order valence-corrected chi connectivity index (χ1v) is 10.6. The number of hydrogen-bond donors (Lipinski definition) is 1. The Labute approximate surface area is 189 Å². The summed E-state index contributed by atoms with van der Waals surface area (Å²) in [5, 5.41) is 0.916. The SMILES string of the molecule is Nc1nc(N(Br)c2ccccc2)c2cc(-c3ccc(-c4ccccc4)cc3)ccc2n1. The lowest BCUT2D eigenvalue weighted by Crippen LogP contribution is -2.07. The van der Waals surface area contributed by atoms with Crippen LogP contribution in [0.5, 0.6) is 0 Å². The van der Waals surface area contributed by atoms with E-state index in [1.807, 2.05) is 46.4 Å². The van der Waals surface area contributed by atoms with Gasteiger partial charge in [0.2, 0.25) is 5.95 Å². The molecule has 0 spiro atoms. The van der Waals surface area contributed by atoms with Crippen LogP contribution in [-0.2, 0) is 0 Å². The second-order valence-electron chi connectivity index (χ2n) is 7.20. The fraction of sp³-hybridized carbons (Fsp3) is 0. The van der Waals surface area contributed by atoms with Crippen LogP contribution in [0.2, 0.25) is 0 Å². The Hall–Kier alpha value is -3.70. The van der Waals surface area contributed by atoms with Crippen molar-refractivity contribution < 1.29 is 0 Å². The molecule has 0 bridgehead atoms. The molecule has 1 heterocycles.